The summed E-state index contributed by atoms with van der Waals surface area (Å²) in [5, 5.41) is 10.8. The first-order valence-electron chi connectivity index (χ1n) is 13.5. The predicted molar refractivity (Wildman–Crippen MR) is 147 cm³/mol. The molecule has 2 aromatic rings. The van der Waals surface area contributed by atoms with E-state index in [1.807, 2.05) is 24.3 Å². The first-order chi connectivity index (χ1) is 18.0. The number of carbonyl (C=O) groups excluding carboxylic acids is 1. The average molecular weight is 503 g/mol. The van der Waals surface area contributed by atoms with Gasteiger partial charge >= 0.3 is 0 Å². The zero-order valence-corrected chi connectivity index (χ0v) is 21.7. The Labute approximate surface area is 220 Å². The molecule has 0 aromatic heterocycles. The lowest BCUT2D eigenvalue weighted by Crippen LogP contribution is -2.51. The van der Waals surface area contributed by atoms with Crippen LogP contribution in [-0.4, -0.2) is 77.3 Å². The van der Waals surface area contributed by atoms with Crippen molar-refractivity contribution >= 4 is 11.5 Å². The van der Waals surface area contributed by atoms with Crippen LogP contribution in [0.1, 0.15) is 60.0 Å². The Morgan fingerprint density at radius 3 is 2.19 bits per heavy atom. The van der Waals surface area contributed by atoms with Crippen molar-refractivity contribution in [2.45, 2.75) is 51.1 Å². The molecule has 7 heteroatoms. The zero-order valence-electron chi connectivity index (χ0n) is 21.7. The van der Waals surface area contributed by atoms with Gasteiger partial charge in [-0.3, -0.25) is 24.7 Å². The lowest BCUT2D eigenvalue weighted by Gasteiger charge is -2.41. The lowest BCUT2D eigenvalue weighted by molar-refractivity contribution is -0.384. The van der Waals surface area contributed by atoms with Gasteiger partial charge in [-0.25, -0.2) is 0 Å². The molecule has 196 valence electrons. The Hall–Kier alpha value is -3.05. The molecule has 0 radical (unpaired) electrons. The number of carbonyl (C=O) groups is 1. The maximum absolute atomic E-state index is 12.8. The molecule has 2 fully saturated rings. The van der Waals surface area contributed by atoms with Gasteiger partial charge in [0.1, 0.15) is 0 Å². The molecule has 1 aliphatic heterocycles. The van der Waals surface area contributed by atoms with E-state index in [1.54, 1.807) is 0 Å². The number of ketones is 1. The van der Waals surface area contributed by atoms with Gasteiger partial charge in [-0.05, 0) is 43.5 Å². The maximum Gasteiger partial charge on any atom is 0.269 e. The molecule has 0 amide bonds. The Bertz CT molecular complexity index is 1060. The summed E-state index contributed by atoms with van der Waals surface area (Å²) in [7, 11) is 0. The average Bonchev–Trinajstić information content (AvgIpc) is 2.94. The van der Waals surface area contributed by atoms with E-state index in [0.717, 1.165) is 50.7 Å². The summed E-state index contributed by atoms with van der Waals surface area (Å²) in [6, 6.07) is 14.1. The van der Waals surface area contributed by atoms with Crippen molar-refractivity contribution in [3.05, 3.63) is 75.3 Å². The molecule has 1 saturated carbocycles. The van der Waals surface area contributed by atoms with Crippen molar-refractivity contribution in [2.75, 3.05) is 45.8 Å². The molecule has 7 nitrogen and oxygen atoms in total. The Balaban J connectivity index is 1.22. The normalized spacial score (nSPS) is 17.5. The standard InChI is InChI=1S/C30H38N4O3/c1-2-17-32(19-6-18-31-20-22-33(23-21-31)28-7-4-3-5-8-28)24-25-9-11-26(12-10-25)30(35)27-13-15-29(16-14-27)34(36)37/h1,9-16,28H,3-8,17-24H2. The number of nitro groups is 1. The van der Waals surface area contributed by atoms with Crippen LogP contribution in [0.25, 0.3) is 0 Å². The minimum Gasteiger partial charge on any atom is -0.301 e. The van der Waals surface area contributed by atoms with Gasteiger partial charge in [-0.2, -0.15) is 0 Å². The molecular weight excluding hydrogens is 464 g/mol. The predicted octanol–water partition coefficient (Wildman–Crippen LogP) is 4.60. The molecule has 4 rings (SSSR count). The van der Waals surface area contributed by atoms with Crippen molar-refractivity contribution < 1.29 is 9.72 Å². The number of hydrogen-bond donors (Lipinski definition) is 0. The van der Waals surface area contributed by atoms with Crippen molar-refractivity contribution in [3.63, 3.8) is 0 Å². The third-order valence-corrected chi connectivity index (χ3v) is 7.72. The van der Waals surface area contributed by atoms with Gasteiger partial charge in [0.05, 0.1) is 11.5 Å². The van der Waals surface area contributed by atoms with E-state index < -0.39 is 4.92 Å². The number of hydrogen-bond acceptors (Lipinski definition) is 6. The van der Waals surface area contributed by atoms with Gasteiger partial charge in [-0.1, -0.05) is 49.4 Å². The first kappa shape index (κ1) is 27.0. The summed E-state index contributed by atoms with van der Waals surface area (Å²) in [6.07, 6.45) is 13.7. The fourth-order valence-corrected chi connectivity index (χ4v) is 5.58. The van der Waals surface area contributed by atoms with Crippen molar-refractivity contribution in [1.29, 1.82) is 0 Å². The van der Waals surface area contributed by atoms with Crippen molar-refractivity contribution in [3.8, 4) is 12.3 Å². The van der Waals surface area contributed by atoms with Crippen molar-refractivity contribution in [2.24, 2.45) is 0 Å². The van der Waals surface area contributed by atoms with Gasteiger partial charge in [0.15, 0.2) is 5.78 Å². The van der Waals surface area contributed by atoms with Gasteiger partial charge in [0.25, 0.3) is 5.69 Å². The highest BCUT2D eigenvalue weighted by molar-refractivity contribution is 6.09. The van der Waals surface area contributed by atoms with Crippen LogP contribution in [0.4, 0.5) is 5.69 Å². The molecule has 1 saturated heterocycles. The smallest absolute Gasteiger partial charge is 0.269 e. The largest absolute Gasteiger partial charge is 0.301 e. The van der Waals surface area contributed by atoms with Crippen LogP contribution in [0.3, 0.4) is 0 Å². The molecule has 0 bridgehead atoms. The second kappa shape index (κ2) is 13.5. The Morgan fingerprint density at radius 2 is 1.59 bits per heavy atom. The fourth-order valence-electron chi connectivity index (χ4n) is 5.58. The molecule has 0 spiro atoms. The van der Waals surface area contributed by atoms with Gasteiger partial charge in [-0.15, -0.1) is 6.42 Å². The van der Waals surface area contributed by atoms with Crippen LogP contribution in [0.5, 0.6) is 0 Å². The van der Waals surface area contributed by atoms with Crippen LogP contribution in [-0.2, 0) is 6.54 Å². The topological polar surface area (TPSA) is 69.9 Å². The van der Waals surface area contributed by atoms with Crippen LogP contribution < -0.4 is 0 Å². The number of terminal acetylenes is 1. The van der Waals surface area contributed by atoms with E-state index in [0.29, 0.717) is 17.7 Å². The van der Waals surface area contributed by atoms with E-state index in [4.69, 9.17) is 6.42 Å². The lowest BCUT2D eigenvalue weighted by atomic mass is 9.94. The van der Waals surface area contributed by atoms with Gasteiger partial charge in [0.2, 0.25) is 0 Å². The highest BCUT2D eigenvalue weighted by Crippen LogP contribution is 2.23. The summed E-state index contributed by atoms with van der Waals surface area (Å²) in [5.74, 6) is 2.64. The molecule has 2 aliphatic rings. The third kappa shape index (κ3) is 7.72. The maximum atomic E-state index is 12.8. The summed E-state index contributed by atoms with van der Waals surface area (Å²) >= 11 is 0. The Kier molecular flexibility index (Phi) is 9.84. The molecule has 0 N–H and O–H groups in total. The highest BCUT2D eigenvalue weighted by atomic mass is 16.6. The van der Waals surface area contributed by atoms with E-state index in [9.17, 15) is 14.9 Å². The number of benzene rings is 2. The van der Waals surface area contributed by atoms with Crippen LogP contribution in [0.2, 0.25) is 0 Å². The minimum absolute atomic E-state index is 0.0257. The number of rotatable bonds is 11. The fraction of sp³-hybridized carbons (Fsp3) is 0.500. The first-order valence-corrected chi connectivity index (χ1v) is 13.5. The highest BCUT2D eigenvalue weighted by Gasteiger charge is 2.24. The van der Waals surface area contributed by atoms with E-state index in [1.165, 1.54) is 69.5 Å². The monoisotopic (exact) mass is 502 g/mol. The van der Waals surface area contributed by atoms with Crippen LogP contribution >= 0.6 is 0 Å². The molecular formula is C30H38N4O3. The third-order valence-electron chi connectivity index (χ3n) is 7.72. The van der Waals surface area contributed by atoms with Crippen molar-refractivity contribution in [1.82, 2.24) is 14.7 Å². The molecule has 37 heavy (non-hydrogen) atoms. The van der Waals surface area contributed by atoms with Gasteiger partial charge < -0.3 is 4.90 Å². The quantitative estimate of drug-likeness (QED) is 0.194. The molecule has 1 aliphatic carbocycles. The second-order valence-corrected chi connectivity index (χ2v) is 10.3. The molecule has 1 heterocycles. The molecule has 0 unspecified atom stereocenters. The summed E-state index contributed by atoms with van der Waals surface area (Å²) in [5.41, 5.74) is 2.08. The SMILES string of the molecule is C#CCN(CCCN1CCN(C2CCCCC2)CC1)Cc1ccc(C(=O)c2ccc([N+](=O)[O-])cc2)cc1. The summed E-state index contributed by atoms with van der Waals surface area (Å²) in [4.78, 5) is 30.7. The van der Waals surface area contributed by atoms with E-state index in [-0.39, 0.29) is 11.5 Å². The zero-order chi connectivity index (χ0) is 26.0. The second-order valence-electron chi connectivity index (χ2n) is 10.3. The van der Waals surface area contributed by atoms with Crippen LogP contribution in [0, 0.1) is 22.5 Å². The molecule has 2 aromatic carbocycles. The Morgan fingerprint density at radius 1 is 0.973 bits per heavy atom. The number of nitro benzene ring substituents is 1. The minimum atomic E-state index is -0.469. The summed E-state index contributed by atoms with van der Waals surface area (Å²) in [6.45, 7) is 8.10. The number of non-ortho nitro benzene ring substituents is 1. The number of nitrogens with zero attached hydrogens (tertiary/aromatic N) is 4. The molecule has 0 atom stereocenters. The van der Waals surface area contributed by atoms with E-state index >= 15 is 0 Å². The number of piperazine rings is 1. The van der Waals surface area contributed by atoms with Crippen LogP contribution in [0.15, 0.2) is 48.5 Å². The summed E-state index contributed by atoms with van der Waals surface area (Å²) < 4.78 is 0. The van der Waals surface area contributed by atoms with E-state index in [2.05, 4.69) is 20.6 Å². The van der Waals surface area contributed by atoms with Gasteiger partial charge in [0, 0.05) is 68.6 Å².